The Morgan fingerprint density at radius 2 is 2.00 bits per heavy atom. The molecule has 0 radical (unpaired) electrons. The summed E-state index contributed by atoms with van der Waals surface area (Å²) in [5.41, 5.74) is 7.94. The average molecular weight is 402 g/mol. The summed E-state index contributed by atoms with van der Waals surface area (Å²) in [5, 5.41) is 3.07. The van der Waals surface area contributed by atoms with Gasteiger partial charge >= 0.3 is 0 Å². The van der Waals surface area contributed by atoms with Gasteiger partial charge in [-0.3, -0.25) is 4.79 Å². The van der Waals surface area contributed by atoms with Crippen LogP contribution in [0.1, 0.15) is 35.5 Å². The Morgan fingerprint density at radius 1 is 1.24 bits per heavy atom. The number of piperidine rings is 1. The number of nitrogens with two attached hydrogens (primary N) is 1. The highest BCUT2D eigenvalue weighted by Crippen LogP contribution is 2.19. The van der Waals surface area contributed by atoms with E-state index < -0.39 is 0 Å². The van der Waals surface area contributed by atoms with Crippen LogP contribution in [0.15, 0.2) is 35.7 Å². The summed E-state index contributed by atoms with van der Waals surface area (Å²) < 4.78 is 0. The SMILES string of the molecule is Cl.Cl.NCC1CCCCN1C(=O)Cc1csc(Cc2ccccc2)n1. The first kappa shape index (κ1) is 21.9. The highest BCUT2D eigenvalue weighted by Gasteiger charge is 2.25. The molecule has 1 saturated heterocycles. The first-order chi connectivity index (χ1) is 11.3. The molecule has 0 spiro atoms. The molecule has 138 valence electrons. The van der Waals surface area contributed by atoms with Crippen LogP contribution in [0, 0.1) is 0 Å². The van der Waals surface area contributed by atoms with Crippen LogP contribution >= 0.6 is 36.2 Å². The van der Waals surface area contributed by atoms with Gasteiger partial charge < -0.3 is 10.6 Å². The van der Waals surface area contributed by atoms with Crippen molar-refractivity contribution >= 4 is 42.1 Å². The third-order valence-corrected chi connectivity index (χ3v) is 5.25. The number of nitrogens with zero attached hydrogens (tertiary/aromatic N) is 2. The fourth-order valence-corrected chi connectivity index (χ4v) is 3.94. The Bertz CT molecular complexity index is 651. The number of amides is 1. The lowest BCUT2D eigenvalue weighted by Gasteiger charge is -2.35. The summed E-state index contributed by atoms with van der Waals surface area (Å²) in [6.07, 6.45) is 4.50. The quantitative estimate of drug-likeness (QED) is 0.833. The summed E-state index contributed by atoms with van der Waals surface area (Å²) in [6, 6.07) is 10.5. The molecular formula is C18H25Cl2N3OS. The summed E-state index contributed by atoms with van der Waals surface area (Å²) >= 11 is 1.63. The largest absolute Gasteiger partial charge is 0.338 e. The van der Waals surface area contributed by atoms with Crippen LogP contribution in [0.25, 0.3) is 0 Å². The predicted octanol–water partition coefficient (Wildman–Crippen LogP) is 3.46. The fraction of sp³-hybridized carbons (Fsp3) is 0.444. The van der Waals surface area contributed by atoms with Gasteiger partial charge in [0.05, 0.1) is 17.1 Å². The lowest BCUT2D eigenvalue weighted by atomic mass is 10.0. The molecule has 1 atom stereocenters. The molecule has 2 heterocycles. The number of likely N-dealkylation sites (tertiary alicyclic amines) is 1. The molecule has 0 bridgehead atoms. The van der Waals surface area contributed by atoms with E-state index in [1.807, 2.05) is 28.5 Å². The molecule has 1 aliphatic rings. The topological polar surface area (TPSA) is 59.2 Å². The Labute approximate surface area is 165 Å². The van der Waals surface area contributed by atoms with Crippen molar-refractivity contribution in [2.45, 2.75) is 38.1 Å². The van der Waals surface area contributed by atoms with Gasteiger partial charge in [-0.2, -0.15) is 0 Å². The fourth-order valence-electron chi connectivity index (χ4n) is 3.11. The first-order valence-corrected chi connectivity index (χ1v) is 9.11. The van der Waals surface area contributed by atoms with Gasteiger partial charge in [0.25, 0.3) is 0 Å². The minimum absolute atomic E-state index is 0. The highest BCUT2D eigenvalue weighted by molar-refractivity contribution is 7.09. The number of benzene rings is 1. The monoisotopic (exact) mass is 401 g/mol. The molecule has 2 aromatic rings. The molecule has 1 aromatic heterocycles. The van der Waals surface area contributed by atoms with Gasteiger partial charge in [-0.25, -0.2) is 4.98 Å². The van der Waals surface area contributed by atoms with Crippen LogP contribution in [0.3, 0.4) is 0 Å². The van der Waals surface area contributed by atoms with Crippen molar-refractivity contribution < 1.29 is 4.79 Å². The zero-order valence-electron chi connectivity index (χ0n) is 14.1. The van der Waals surface area contributed by atoms with Gasteiger partial charge in [-0.05, 0) is 24.8 Å². The summed E-state index contributed by atoms with van der Waals surface area (Å²) in [7, 11) is 0. The van der Waals surface area contributed by atoms with Crippen LogP contribution in [0.4, 0.5) is 0 Å². The maximum atomic E-state index is 12.5. The van der Waals surface area contributed by atoms with Crippen LogP contribution in [0.5, 0.6) is 0 Å². The van der Waals surface area contributed by atoms with E-state index in [0.29, 0.717) is 13.0 Å². The van der Waals surface area contributed by atoms with Gasteiger partial charge in [0, 0.05) is 30.9 Å². The molecule has 25 heavy (non-hydrogen) atoms. The number of rotatable bonds is 5. The van der Waals surface area contributed by atoms with E-state index in [-0.39, 0.29) is 36.8 Å². The molecule has 1 amide bonds. The molecule has 2 N–H and O–H groups in total. The van der Waals surface area contributed by atoms with E-state index in [2.05, 4.69) is 17.1 Å². The van der Waals surface area contributed by atoms with Gasteiger partial charge in [0.2, 0.25) is 5.91 Å². The Hall–Kier alpha value is -1.14. The number of hydrogen-bond donors (Lipinski definition) is 1. The zero-order valence-corrected chi connectivity index (χ0v) is 16.5. The van der Waals surface area contributed by atoms with E-state index in [1.165, 1.54) is 12.0 Å². The van der Waals surface area contributed by atoms with Crippen molar-refractivity contribution in [3.8, 4) is 0 Å². The van der Waals surface area contributed by atoms with Gasteiger partial charge in [0.1, 0.15) is 0 Å². The van der Waals surface area contributed by atoms with Crippen molar-refractivity contribution in [1.29, 1.82) is 0 Å². The van der Waals surface area contributed by atoms with Crippen LogP contribution in [0.2, 0.25) is 0 Å². The maximum Gasteiger partial charge on any atom is 0.228 e. The van der Waals surface area contributed by atoms with Crippen molar-refractivity contribution in [3.63, 3.8) is 0 Å². The number of halogens is 2. The average Bonchev–Trinajstić information content (AvgIpc) is 3.02. The van der Waals surface area contributed by atoms with Crippen LogP contribution < -0.4 is 5.73 Å². The lowest BCUT2D eigenvalue weighted by Crippen LogP contribution is -2.48. The second-order valence-electron chi connectivity index (χ2n) is 6.04. The van der Waals surface area contributed by atoms with Gasteiger partial charge in [-0.1, -0.05) is 30.3 Å². The number of aromatic nitrogens is 1. The number of carbonyl (C=O) groups is 1. The second-order valence-corrected chi connectivity index (χ2v) is 6.99. The number of carbonyl (C=O) groups excluding carboxylic acids is 1. The van der Waals surface area contributed by atoms with E-state index in [9.17, 15) is 4.79 Å². The Morgan fingerprint density at radius 3 is 2.72 bits per heavy atom. The Balaban J connectivity index is 0.00000156. The summed E-state index contributed by atoms with van der Waals surface area (Å²) in [5.74, 6) is 0.164. The van der Waals surface area contributed by atoms with E-state index in [4.69, 9.17) is 5.73 Å². The summed E-state index contributed by atoms with van der Waals surface area (Å²) in [4.78, 5) is 19.1. The van der Waals surface area contributed by atoms with E-state index >= 15 is 0 Å². The van der Waals surface area contributed by atoms with Crippen LogP contribution in [-0.4, -0.2) is 34.9 Å². The van der Waals surface area contributed by atoms with Crippen LogP contribution in [-0.2, 0) is 17.6 Å². The standard InChI is InChI=1S/C18H23N3OS.2ClH/c19-12-16-8-4-5-9-21(16)18(22)11-15-13-23-17(20-15)10-14-6-2-1-3-7-14;;/h1-3,6-7,13,16H,4-5,8-12,19H2;2*1H. The summed E-state index contributed by atoms with van der Waals surface area (Å²) in [6.45, 7) is 1.39. The molecule has 1 aliphatic heterocycles. The zero-order chi connectivity index (χ0) is 16.1. The molecule has 7 heteroatoms. The highest BCUT2D eigenvalue weighted by atomic mass is 35.5. The third kappa shape index (κ3) is 5.96. The molecule has 4 nitrogen and oxygen atoms in total. The van der Waals surface area contributed by atoms with Crippen molar-refractivity contribution in [1.82, 2.24) is 9.88 Å². The van der Waals surface area contributed by atoms with Gasteiger partial charge in [-0.15, -0.1) is 36.2 Å². The minimum Gasteiger partial charge on any atom is -0.338 e. The number of hydrogen-bond acceptors (Lipinski definition) is 4. The number of thiazole rings is 1. The molecule has 3 rings (SSSR count). The molecule has 1 aromatic carbocycles. The van der Waals surface area contributed by atoms with E-state index in [0.717, 1.165) is 36.5 Å². The second kappa shape index (κ2) is 10.8. The molecular weight excluding hydrogens is 377 g/mol. The van der Waals surface area contributed by atoms with E-state index in [1.54, 1.807) is 11.3 Å². The normalized spacial score (nSPS) is 16.7. The predicted molar refractivity (Wildman–Crippen MR) is 108 cm³/mol. The van der Waals surface area contributed by atoms with Crippen molar-refractivity contribution in [2.75, 3.05) is 13.1 Å². The smallest absolute Gasteiger partial charge is 0.228 e. The molecule has 1 fully saturated rings. The van der Waals surface area contributed by atoms with Gasteiger partial charge in [0.15, 0.2) is 0 Å². The van der Waals surface area contributed by atoms with Crippen molar-refractivity contribution in [2.24, 2.45) is 5.73 Å². The Kier molecular flexibility index (Phi) is 9.43. The molecule has 1 unspecified atom stereocenters. The third-order valence-electron chi connectivity index (χ3n) is 4.35. The first-order valence-electron chi connectivity index (χ1n) is 8.23. The maximum absolute atomic E-state index is 12.5. The molecule has 0 saturated carbocycles. The molecule has 0 aliphatic carbocycles. The minimum atomic E-state index is 0. The van der Waals surface area contributed by atoms with Crippen molar-refractivity contribution in [3.05, 3.63) is 52.0 Å². The lowest BCUT2D eigenvalue weighted by molar-refractivity contribution is -0.133.